The summed E-state index contributed by atoms with van der Waals surface area (Å²) in [5, 5.41) is 3.59. The van der Waals surface area contributed by atoms with E-state index in [1.807, 2.05) is 12.1 Å². The predicted molar refractivity (Wildman–Crippen MR) is 88.0 cm³/mol. The number of benzene rings is 2. The van der Waals surface area contributed by atoms with Gasteiger partial charge in [0.25, 0.3) is 5.91 Å². The third kappa shape index (κ3) is 2.74. The number of carbonyl (C=O) groups is 1. The van der Waals surface area contributed by atoms with Crippen molar-refractivity contribution in [2.45, 2.75) is 6.92 Å². The van der Waals surface area contributed by atoms with Crippen LogP contribution in [0.5, 0.6) is 0 Å². The van der Waals surface area contributed by atoms with Gasteiger partial charge in [-0.05, 0) is 43.3 Å². The van der Waals surface area contributed by atoms with Gasteiger partial charge in [-0.3, -0.25) is 4.79 Å². The van der Waals surface area contributed by atoms with Crippen LogP contribution in [0.25, 0.3) is 11.0 Å². The highest BCUT2D eigenvalue weighted by Gasteiger charge is 2.19. The van der Waals surface area contributed by atoms with Gasteiger partial charge in [0.2, 0.25) is 0 Å². The van der Waals surface area contributed by atoms with Crippen LogP contribution in [0.4, 0.5) is 10.1 Å². The predicted octanol–water partition coefficient (Wildman–Crippen LogP) is 5.55. The lowest BCUT2D eigenvalue weighted by molar-refractivity contribution is 0.0997. The first kappa shape index (κ1) is 15.1. The first-order valence-corrected chi connectivity index (χ1v) is 7.58. The molecule has 3 nitrogen and oxygen atoms in total. The van der Waals surface area contributed by atoms with Gasteiger partial charge in [-0.1, -0.05) is 27.5 Å². The van der Waals surface area contributed by atoms with Crippen LogP contribution in [0, 0.1) is 12.7 Å². The Morgan fingerprint density at radius 3 is 2.77 bits per heavy atom. The second kappa shape index (κ2) is 5.74. The quantitative estimate of drug-likeness (QED) is 0.631. The lowest BCUT2D eigenvalue weighted by Gasteiger charge is -2.05. The fourth-order valence-electron chi connectivity index (χ4n) is 2.18. The monoisotopic (exact) mass is 381 g/mol. The highest BCUT2D eigenvalue weighted by Crippen LogP contribution is 2.29. The molecule has 0 saturated carbocycles. The van der Waals surface area contributed by atoms with Gasteiger partial charge in [-0.2, -0.15) is 0 Å². The summed E-state index contributed by atoms with van der Waals surface area (Å²) < 4.78 is 20.2. The van der Waals surface area contributed by atoms with Crippen LogP contribution in [0.1, 0.15) is 16.1 Å². The van der Waals surface area contributed by atoms with E-state index in [4.69, 9.17) is 16.0 Å². The number of hydrogen-bond donors (Lipinski definition) is 1. The molecule has 1 aromatic heterocycles. The summed E-state index contributed by atoms with van der Waals surface area (Å²) in [7, 11) is 0. The molecule has 1 N–H and O–H groups in total. The Labute approximate surface area is 139 Å². The van der Waals surface area contributed by atoms with Gasteiger partial charge in [-0.25, -0.2) is 4.39 Å². The summed E-state index contributed by atoms with van der Waals surface area (Å²) in [6, 6.07) is 9.51. The highest BCUT2D eigenvalue weighted by atomic mass is 79.9. The molecule has 1 amide bonds. The standard InChI is InChI=1S/C16H10BrClFNO2/c1-8-11-6-9(17)2-5-14(11)22-15(8)16(21)20-13-4-3-10(18)7-12(13)19/h2-7H,1H3,(H,20,21). The molecule has 0 saturated heterocycles. The van der Waals surface area contributed by atoms with E-state index in [2.05, 4.69) is 21.2 Å². The molecular formula is C16H10BrClFNO2. The maximum atomic E-state index is 13.7. The number of fused-ring (bicyclic) bond motifs is 1. The van der Waals surface area contributed by atoms with Crippen molar-refractivity contribution in [3.8, 4) is 0 Å². The number of carbonyl (C=O) groups excluding carboxylic acids is 1. The number of nitrogens with one attached hydrogen (secondary N) is 1. The Bertz CT molecular complexity index is 891. The SMILES string of the molecule is Cc1c(C(=O)Nc2ccc(Cl)cc2F)oc2ccc(Br)cc12. The molecule has 0 bridgehead atoms. The van der Waals surface area contributed by atoms with Gasteiger partial charge < -0.3 is 9.73 Å². The largest absolute Gasteiger partial charge is 0.451 e. The summed E-state index contributed by atoms with van der Waals surface area (Å²) >= 11 is 9.07. The van der Waals surface area contributed by atoms with E-state index < -0.39 is 11.7 Å². The summed E-state index contributed by atoms with van der Waals surface area (Å²) in [5.41, 5.74) is 1.35. The zero-order chi connectivity index (χ0) is 15.9. The molecule has 3 aromatic rings. The fraction of sp³-hybridized carbons (Fsp3) is 0.0625. The van der Waals surface area contributed by atoms with Crippen molar-refractivity contribution in [1.29, 1.82) is 0 Å². The van der Waals surface area contributed by atoms with Crippen LogP contribution in [-0.2, 0) is 0 Å². The zero-order valence-corrected chi connectivity index (χ0v) is 13.8. The number of hydrogen-bond acceptors (Lipinski definition) is 2. The number of anilines is 1. The normalized spacial score (nSPS) is 10.9. The second-order valence-electron chi connectivity index (χ2n) is 4.77. The molecule has 0 radical (unpaired) electrons. The zero-order valence-electron chi connectivity index (χ0n) is 11.4. The third-order valence-electron chi connectivity index (χ3n) is 3.28. The van der Waals surface area contributed by atoms with Crippen molar-refractivity contribution in [3.05, 3.63) is 63.0 Å². The average molecular weight is 383 g/mol. The van der Waals surface area contributed by atoms with E-state index in [-0.39, 0.29) is 16.5 Å². The molecule has 0 aliphatic heterocycles. The van der Waals surface area contributed by atoms with Crippen molar-refractivity contribution < 1.29 is 13.6 Å². The summed E-state index contributed by atoms with van der Waals surface area (Å²) in [6.07, 6.45) is 0. The van der Waals surface area contributed by atoms with Gasteiger partial charge in [-0.15, -0.1) is 0 Å². The Morgan fingerprint density at radius 1 is 1.27 bits per heavy atom. The van der Waals surface area contributed by atoms with Crippen LogP contribution in [-0.4, -0.2) is 5.91 Å². The Hall–Kier alpha value is -1.85. The minimum absolute atomic E-state index is 0.0513. The molecule has 2 aromatic carbocycles. The van der Waals surface area contributed by atoms with Crippen molar-refractivity contribution >= 4 is 50.1 Å². The van der Waals surface area contributed by atoms with E-state index in [0.29, 0.717) is 11.1 Å². The molecule has 1 heterocycles. The van der Waals surface area contributed by atoms with Gasteiger partial charge >= 0.3 is 0 Å². The van der Waals surface area contributed by atoms with E-state index in [1.165, 1.54) is 12.1 Å². The minimum Gasteiger partial charge on any atom is -0.451 e. The Morgan fingerprint density at radius 2 is 2.05 bits per heavy atom. The molecule has 112 valence electrons. The molecule has 3 rings (SSSR count). The fourth-order valence-corrected chi connectivity index (χ4v) is 2.70. The van der Waals surface area contributed by atoms with E-state index in [0.717, 1.165) is 15.9 Å². The summed E-state index contributed by atoms with van der Waals surface area (Å²) in [5.74, 6) is -0.953. The van der Waals surface area contributed by atoms with Gasteiger partial charge in [0.15, 0.2) is 5.76 Å². The molecule has 0 aliphatic carbocycles. The van der Waals surface area contributed by atoms with E-state index >= 15 is 0 Å². The van der Waals surface area contributed by atoms with Crippen LogP contribution in [0.2, 0.25) is 5.02 Å². The Kier molecular flexibility index (Phi) is 3.93. The first-order valence-electron chi connectivity index (χ1n) is 6.41. The number of rotatable bonds is 2. The van der Waals surface area contributed by atoms with E-state index in [9.17, 15) is 9.18 Å². The molecule has 22 heavy (non-hydrogen) atoms. The lowest BCUT2D eigenvalue weighted by atomic mass is 10.1. The van der Waals surface area contributed by atoms with Crippen molar-refractivity contribution in [3.63, 3.8) is 0 Å². The van der Waals surface area contributed by atoms with Gasteiger partial charge in [0, 0.05) is 20.4 Å². The lowest BCUT2D eigenvalue weighted by Crippen LogP contribution is -2.13. The smallest absolute Gasteiger partial charge is 0.291 e. The minimum atomic E-state index is -0.600. The number of amides is 1. The van der Waals surface area contributed by atoms with Crippen molar-refractivity contribution in [2.24, 2.45) is 0 Å². The van der Waals surface area contributed by atoms with E-state index in [1.54, 1.807) is 13.0 Å². The van der Waals surface area contributed by atoms with Crippen LogP contribution < -0.4 is 5.32 Å². The van der Waals surface area contributed by atoms with Gasteiger partial charge in [0.05, 0.1) is 5.69 Å². The maximum Gasteiger partial charge on any atom is 0.291 e. The molecule has 0 aliphatic rings. The molecule has 6 heteroatoms. The van der Waals surface area contributed by atoms with Crippen molar-refractivity contribution in [2.75, 3.05) is 5.32 Å². The molecule has 0 atom stereocenters. The van der Waals surface area contributed by atoms with Crippen LogP contribution >= 0.6 is 27.5 Å². The number of halogens is 3. The Balaban J connectivity index is 1.97. The first-order chi connectivity index (χ1) is 10.5. The summed E-state index contributed by atoms with van der Waals surface area (Å²) in [4.78, 5) is 12.3. The number of furan rings is 1. The molecule has 0 fully saturated rings. The summed E-state index contributed by atoms with van der Waals surface area (Å²) in [6.45, 7) is 1.78. The highest BCUT2D eigenvalue weighted by molar-refractivity contribution is 9.10. The molecular weight excluding hydrogens is 373 g/mol. The van der Waals surface area contributed by atoms with Crippen molar-refractivity contribution in [1.82, 2.24) is 0 Å². The third-order valence-corrected chi connectivity index (χ3v) is 4.01. The number of aryl methyl sites for hydroxylation is 1. The molecule has 0 unspecified atom stereocenters. The van der Waals surface area contributed by atoms with Crippen LogP contribution in [0.3, 0.4) is 0 Å². The second-order valence-corrected chi connectivity index (χ2v) is 6.13. The van der Waals surface area contributed by atoms with Gasteiger partial charge in [0.1, 0.15) is 11.4 Å². The molecule has 0 spiro atoms. The topological polar surface area (TPSA) is 42.2 Å². The average Bonchev–Trinajstić information content (AvgIpc) is 2.79. The van der Waals surface area contributed by atoms with Crippen LogP contribution in [0.15, 0.2) is 45.3 Å². The maximum absolute atomic E-state index is 13.7.